The largest absolute Gasteiger partial charge is 0.329 e. The lowest BCUT2D eigenvalue weighted by Crippen LogP contribution is -2.42. The molecular formula is C10H16N2O2. The van der Waals surface area contributed by atoms with E-state index in [2.05, 4.69) is 5.32 Å². The van der Waals surface area contributed by atoms with Gasteiger partial charge in [-0.25, -0.2) is 4.79 Å². The Hall–Kier alpha value is -1.06. The van der Waals surface area contributed by atoms with E-state index in [4.69, 9.17) is 0 Å². The smallest absolute Gasteiger partial charge is 0.324 e. The maximum Gasteiger partial charge on any atom is 0.324 e. The molecule has 2 rings (SSSR count). The summed E-state index contributed by atoms with van der Waals surface area (Å²) in [4.78, 5) is 24.2. The fraction of sp³-hybridized carbons (Fsp3) is 0.800. The number of urea groups is 1. The average Bonchev–Trinajstić information content (AvgIpc) is 2.75. The van der Waals surface area contributed by atoms with E-state index >= 15 is 0 Å². The van der Waals surface area contributed by atoms with Crippen molar-refractivity contribution < 1.29 is 9.59 Å². The lowest BCUT2D eigenvalue weighted by molar-refractivity contribution is -0.127. The third-order valence-electron chi connectivity index (χ3n) is 3.37. The van der Waals surface area contributed by atoms with Gasteiger partial charge in [0.15, 0.2) is 0 Å². The Bertz CT molecular complexity index is 243. The van der Waals surface area contributed by atoms with Crippen LogP contribution in [0, 0.1) is 5.92 Å². The summed E-state index contributed by atoms with van der Waals surface area (Å²) < 4.78 is 0. The van der Waals surface area contributed by atoms with E-state index in [-0.39, 0.29) is 24.5 Å². The molecule has 4 heteroatoms. The summed E-state index contributed by atoms with van der Waals surface area (Å²) in [6.45, 7) is 2.16. The highest BCUT2D eigenvalue weighted by atomic mass is 16.2. The fourth-order valence-electron chi connectivity index (χ4n) is 2.50. The zero-order valence-corrected chi connectivity index (χ0v) is 8.45. The van der Waals surface area contributed by atoms with Gasteiger partial charge in [-0.3, -0.25) is 9.69 Å². The second kappa shape index (κ2) is 3.59. The Labute approximate surface area is 83.6 Å². The summed E-state index contributed by atoms with van der Waals surface area (Å²) in [5.41, 5.74) is 0. The molecule has 1 aliphatic carbocycles. The molecule has 0 spiro atoms. The summed E-state index contributed by atoms with van der Waals surface area (Å²) in [6.07, 6.45) is 4.77. The molecule has 0 aromatic heterocycles. The van der Waals surface area contributed by atoms with E-state index in [1.165, 1.54) is 17.7 Å². The van der Waals surface area contributed by atoms with Gasteiger partial charge in [0.1, 0.15) is 0 Å². The molecule has 4 nitrogen and oxygen atoms in total. The summed E-state index contributed by atoms with van der Waals surface area (Å²) in [5, 5.41) is 2.56. The Morgan fingerprint density at radius 3 is 2.50 bits per heavy atom. The predicted molar refractivity (Wildman–Crippen MR) is 51.7 cm³/mol. The number of nitrogens with one attached hydrogen (secondary N) is 1. The van der Waals surface area contributed by atoms with Gasteiger partial charge in [0.25, 0.3) is 0 Å². The van der Waals surface area contributed by atoms with Crippen LogP contribution < -0.4 is 5.32 Å². The second-order valence-electron chi connectivity index (χ2n) is 4.21. The molecule has 0 radical (unpaired) electrons. The number of hydrogen-bond acceptors (Lipinski definition) is 2. The zero-order chi connectivity index (χ0) is 10.1. The summed E-state index contributed by atoms with van der Waals surface area (Å²) >= 11 is 0. The van der Waals surface area contributed by atoms with Crippen molar-refractivity contribution in [1.82, 2.24) is 10.2 Å². The minimum absolute atomic E-state index is 0.0746. The average molecular weight is 196 g/mol. The van der Waals surface area contributed by atoms with Crippen LogP contribution in [0.1, 0.15) is 32.6 Å². The lowest BCUT2D eigenvalue weighted by Gasteiger charge is -2.26. The van der Waals surface area contributed by atoms with Gasteiger partial charge < -0.3 is 5.32 Å². The van der Waals surface area contributed by atoms with E-state index in [1.54, 1.807) is 0 Å². The van der Waals surface area contributed by atoms with Crippen LogP contribution in [0.3, 0.4) is 0 Å². The van der Waals surface area contributed by atoms with Crippen molar-refractivity contribution in [2.75, 3.05) is 6.54 Å². The van der Waals surface area contributed by atoms with Crippen LogP contribution in [0.25, 0.3) is 0 Å². The van der Waals surface area contributed by atoms with Gasteiger partial charge in [-0.05, 0) is 25.7 Å². The van der Waals surface area contributed by atoms with Crippen LogP contribution in [0.4, 0.5) is 4.79 Å². The Morgan fingerprint density at radius 1 is 1.36 bits per heavy atom. The van der Waals surface area contributed by atoms with E-state index in [1.807, 2.05) is 6.92 Å². The lowest BCUT2D eigenvalue weighted by atomic mass is 9.98. The number of rotatable bonds is 2. The highest BCUT2D eigenvalue weighted by molar-refractivity contribution is 6.02. The summed E-state index contributed by atoms with van der Waals surface area (Å²) in [5.74, 6) is 0.442. The van der Waals surface area contributed by atoms with Gasteiger partial charge in [-0.2, -0.15) is 0 Å². The van der Waals surface area contributed by atoms with E-state index in [0.717, 1.165) is 12.8 Å². The molecule has 0 aromatic rings. The van der Waals surface area contributed by atoms with E-state index in [9.17, 15) is 9.59 Å². The number of hydrogen-bond donors (Lipinski definition) is 1. The minimum atomic E-state index is -0.214. The van der Waals surface area contributed by atoms with E-state index in [0.29, 0.717) is 5.92 Å². The molecule has 1 unspecified atom stereocenters. The molecule has 1 aliphatic heterocycles. The van der Waals surface area contributed by atoms with Crippen LogP contribution in [-0.4, -0.2) is 29.4 Å². The maximum absolute atomic E-state index is 11.4. The number of carbonyl (C=O) groups is 2. The first-order valence-electron chi connectivity index (χ1n) is 5.30. The van der Waals surface area contributed by atoms with Crippen molar-refractivity contribution in [3.63, 3.8) is 0 Å². The Balaban J connectivity index is 2.05. The SMILES string of the molecule is CC(C1CCCC1)N1C(=O)CNC1=O. The standard InChI is InChI=1S/C10H16N2O2/c1-7(8-4-2-3-5-8)12-9(13)6-11-10(12)14/h7-8H,2-6H2,1H3,(H,11,14). The van der Waals surface area contributed by atoms with Gasteiger partial charge in [-0.15, -0.1) is 0 Å². The molecule has 1 atom stereocenters. The molecule has 1 saturated carbocycles. The van der Waals surface area contributed by atoms with Gasteiger partial charge in [0, 0.05) is 6.04 Å². The molecular weight excluding hydrogens is 180 g/mol. The molecule has 78 valence electrons. The highest BCUT2D eigenvalue weighted by Gasteiger charge is 2.37. The van der Waals surface area contributed by atoms with Crippen molar-refractivity contribution in [3.05, 3.63) is 0 Å². The normalized spacial score (nSPS) is 25.6. The molecule has 1 heterocycles. The summed E-state index contributed by atoms with van der Waals surface area (Å²) in [6, 6.07) is -0.137. The number of amides is 3. The number of carbonyl (C=O) groups excluding carboxylic acids is 2. The van der Waals surface area contributed by atoms with Crippen LogP contribution >= 0.6 is 0 Å². The Kier molecular flexibility index (Phi) is 2.44. The topological polar surface area (TPSA) is 49.4 Å². The van der Waals surface area contributed by atoms with Gasteiger partial charge >= 0.3 is 6.03 Å². The molecule has 1 saturated heterocycles. The maximum atomic E-state index is 11.4. The van der Waals surface area contributed by atoms with E-state index < -0.39 is 0 Å². The van der Waals surface area contributed by atoms with Gasteiger partial charge in [0.05, 0.1) is 6.54 Å². The molecule has 0 bridgehead atoms. The zero-order valence-electron chi connectivity index (χ0n) is 8.45. The molecule has 2 fully saturated rings. The van der Waals surface area contributed by atoms with Crippen molar-refractivity contribution in [2.24, 2.45) is 5.92 Å². The van der Waals surface area contributed by atoms with Gasteiger partial charge in [-0.1, -0.05) is 12.8 Å². The van der Waals surface area contributed by atoms with Crippen LogP contribution in [0.15, 0.2) is 0 Å². The predicted octanol–water partition coefficient (Wildman–Crippen LogP) is 1.12. The quantitative estimate of drug-likeness (QED) is 0.673. The number of imide groups is 1. The monoisotopic (exact) mass is 196 g/mol. The molecule has 1 N–H and O–H groups in total. The highest BCUT2D eigenvalue weighted by Crippen LogP contribution is 2.30. The number of nitrogens with zero attached hydrogens (tertiary/aromatic N) is 1. The Morgan fingerprint density at radius 2 is 2.00 bits per heavy atom. The molecule has 0 aromatic carbocycles. The van der Waals surface area contributed by atoms with Crippen molar-refractivity contribution >= 4 is 11.9 Å². The third kappa shape index (κ3) is 1.49. The van der Waals surface area contributed by atoms with Crippen molar-refractivity contribution in [2.45, 2.75) is 38.6 Å². The van der Waals surface area contributed by atoms with Crippen LogP contribution in [-0.2, 0) is 4.79 Å². The van der Waals surface area contributed by atoms with Crippen LogP contribution in [0.2, 0.25) is 0 Å². The molecule has 2 aliphatic rings. The first kappa shape index (κ1) is 9.49. The van der Waals surface area contributed by atoms with Crippen molar-refractivity contribution in [1.29, 1.82) is 0 Å². The second-order valence-corrected chi connectivity index (χ2v) is 4.21. The third-order valence-corrected chi connectivity index (χ3v) is 3.37. The first-order chi connectivity index (χ1) is 6.70. The van der Waals surface area contributed by atoms with Crippen LogP contribution in [0.5, 0.6) is 0 Å². The fourth-order valence-corrected chi connectivity index (χ4v) is 2.50. The molecule has 3 amide bonds. The summed E-state index contributed by atoms with van der Waals surface area (Å²) in [7, 11) is 0. The molecule has 14 heavy (non-hydrogen) atoms. The minimum Gasteiger partial charge on any atom is -0.329 e. The first-order valence-corrected chi connectivity index (χ1v) is 5.30. The van der Waals surface area contributed by atoms with Gasteiger partial charge in [0.2, 0.25) is 5.91 Å². The van der Waals surface area contributed by atoms with Crippen molar-refractivity contribution in [3.8, 4) is 0 Å².